The highest BCUT2D eigenvalue weighted by atomic mass is 15.1. The van der Waals surface area contributed by atoms with Gasteiger partial charge in [0.15, 0.2) is 0 Å². The quantitative estimate of drug-likeness (QED) is 0.826. The lowest BCUT2D eigenvalue weighted by Crippen LogP contribution is -2.46. The average molecular weight is 252 g/mol. The lowest BCUT2D eigenvalue weighted by atomic mass is 9.68. The Labute approximate surface area is 114 Å². The average Bonchev–Trinajstić information content (AvgIpc) is 2.33. The maximum absolute atomic E-state index is 3.33. The lowest BCUT2D eigenvalue weighted by Gasteiger charge is -2.46. The van der Waals surface area contributed by atoms with Crippen molar-refractivity contribution in [2.24, 2.45) is 10.8 Å². The van der Waals surface area contributed by atoms with Crippen LogP contribution in [0.2, 0.25) is 0 Å². The zero-order valence-corrected chi connectivity index (χ0v) is 12.7. The number of nitrogens with zero attached hydrogens (tertiary/aromatic N) is 1. The molecule has 0 unspecified atom stereocenters. The second-order valence-corrected chi connectivity index (χ2v) is 7.53. The number of hydrogen-bond donors (Lipinski definition) is 1. The minimum atomic E-state index is 0.409. The van der Waals surface area contributed by atoms with Gasteiger partial charge in [0.25, 0.3) is 0 Å². The van der Waals surface area contributed by atoms with Gasteiger partial charge in [-0.1, -0.05) is 33.1 Å². The van der Waals surface area contributed by atoms with Crippen molar-refractivity contribution in [1.29, 1.82) is 0 Å². The molecule has 0 atom stereocenters. The summed E-state index contributed by atoms with van der Waals surface area (Å²) in [5, 5.41) is 3.33. The summed E-state index contributed by atoms with van der Waals surface area (Å²) in [6.45, 7) is 9.82. The molecule has 0 aromatic heterocycles. The van der Waals surface area contributed by atoms with Gasteiger partial charge in [-0.2, -0.15) is 0 Å². The summed E-state index contributed by atoms with van der Waals surface area (Å²) in [4.78, 5) is 2.71. The summed E-state index contributed by atoms with van der Waals surface area (Å²) in [6, 6.07) is 0. The first-order chi connectivity index (χ1) is 8.55. The third-order valence-corrected chi connectivity index (χ3v) is 5.14. The molecule has 1 saturated heterocycles. The van der Waals surface area contributed by atoms with Crippen molar-refractivity contribution in [3.63, 3.8) is 0 Å². The third-order valence-electron chi connectivity index (χ3n) is 5.14. The van der Waals surface area contributed by atoms with E-state index in [0.29, 0.717) is 5.41 Å². The minimum Gasteiger partial charge on any atom is -0.319 e. The molecule has 0 amide bonds. The topological polar surface area (TPSA) is 15.3 Å². The Morgan fingerprint density at radius 1 is 1.00 bits per heavy atom. The summed E-state index contributed by atoms with van der Waals surface area (Å²) in [7, 11) is 2.06. The van der Waals surface area contributed by atoms with E-state index in [4.69, 9.17) is 0 Å². The van der Waals surface area contributed by atoms with E-state index in [-0.39, 0.29) is 0 Å². The van der Waals surface area contributed by atoms with Crippen molar-refractivity contribution in [1.82, 2.24) is 10.2 Å². The molecule has 2 rings (SSSR count). The molecule has 1 heterocycles. The predicted octanol–water partition coefficient (Wildman–Crippen LogP) is 3.28. The Hall–Kier alpha value is -0.0800. The van der Waals surface area contributed by atoms with Crippen molar-refractivity contribution < 1.29 is 0 Å². The van der Waals surface area contributed by atoms with Gasteiger partial charge in [0.1, 0.15) is 0 Å². The molecule has 1 saturated carbocycles. The van der Waals surface area contributed by atoms with E-state index in [2.05, 4.69) is 31.1 Å². The van der Waals surface area contributed by atoms with Crippen LogP contribution in [0.1, 0.15) is 58.8 Å². The smallest absolute Gasteiger partial charge is 0.00448 e. The SMILES string of the molecule is CNCC(C)(C)CN1CCC2(CCCCC2)CC1. The van der Waals surface area contributed by atoms with Gasteiger partial charge in [-0.3, -0.25) is 0 Å². The van der Waals surface area contributed by atoms with Crippen molar-refractivity contribution in [2.45, 2.75) is 58.8 Å². The van der Waals surface area contributed by atoms with Gasteiger partial charge in [-0.25, -0.2) is 0 Å². The maximum atomic E-state index is 3.33. The van der Waals surface area contributed by atoms with Crippen LogP contribution in [0.3, 0.4) is 0 Å². The molecular weight excluding hydrogens is 220 g/mol. The van der Waals surface area contributed by atoms with Crippen LogP contribution in [0, 0.1) is 10.8 Å². The number of piperidine rings is 1. The van der Waals surface area contributed by atoms with Gasteiger partial charge in [0.05, 0.1) is 0 Å². The predicted molar refractivity (Wildman–Crippen MR) is 78.9 cm³/mol. The van der Waals surface area contributed by atoms with Crippen LogP contribution < -0.4 is 5.32 Å². The molecule has 2 heteroatoms. The van der Waals surface area contributed by atoms with E-state index in [0.717, 1.165) is 12.0 Å². The van der Waals surface area contributed by atoms with E-state index < -0.39 is 0 Å². The van der Waals surface area contributed by atoms with Crippen LogP contribution in [0.5, 0.6) is 0 Å². The standard InChI is InChI=1S/C16H32N2/c1-15(2,13-17-3)14-18-11-9-16(10-12-18)7-5-4-6-8-16/h17H,4-14H2,1-3H3. The molecule has 2 fully saturated rings. The number of rotatable bonds is 4. The van der Waals surface area contributed by atoms with Crippen molar-refractivity contribution >= 4 is 0 Å². The van der Waals surface area contributed by atoms with Gasteiger partial charge in [-0.05, 0) is 56.7 Å². The molecular formula is C16H32N2. The Morgan fingerprint density at radius 2 is 1.61 bits per heavy atom. The van der Waals surface area contributed by atoms with Crippen molar-refractivity contribution in [3.05, 3.63) is 0 Å². The number of likely N-dealkylation sites (tertiary alicyclic amines) is 1. The molecule has 1 aliphatic heterocycles. The van der Waals surface area contributed by atoms with Crippen molar-refractivity contribution in [3.8, 4) is 0 Å². The normalized spacial score (nSPS) is 25.5. The number of hydrogen-bond acceptors (Lipinski definition) is 2. The molecule has 1 aliphatic carbocycles. The Balaban J connectivity index is 1.79. The molecule has 2 aliphatic rings. The molecule has 0 aromatic rings. The fourth-order valence-corrected chi connectivity index (χ4v) is 4.13. The second-order valence-electron chi connectivity index (χ2n) is 7.53. The molecule has 1 N–H and O–H groups in total. The van der Waals surface area contributed by atoms with Crippen LogP contribution in [0.25, 0.3) is 0 Å². The Morgan fingerprint density at radius 3 is 2.17 bits per heavy atom. The summed E-state index contributed by atoms with van der Waals surface area (Å²) in [5.41, 5.74) is 1.16. The minimum absolute atomic E-state index is 0.409. The van der Waals surface area contributed by atoms with Crippen LogP contribution in [0.4, 0.5) is 0 Å². The Kier molecular flexibility index (Phi) is 4.71. The van der Waals surface area contributed by atoms with Crippen LogP contribution in [-0.2, 0) is 0 Å². The largest absolute Gasteiger partial charge is 0.319 e. The first-order valence-corrected chi connectivity index (χ1v) is 7.92. The summed E-state index contributed by atoms with van der Waals surface area (Å²) < 4.78 is 0. The van der Waals surface area contributed by atoms with E-state index in [9.17, 15) is 0 Å². The highest BCUT2D eigenvalue weighted by Crippen LogP contribution is 2.44. The first-order valence-electron chi connectivity index (χ1n) is 7.92. The zero-order valence-electron chi connectivity index (χ0n) is 12.7. The fourth-order valence-electron chi connectivity index (χ4n) is 4.13. The molecule has 18 heavy (non-hydrogen) atoms. The lowest BCUT2D eigenvalue weighted by molar-refractivity contribution is 0.0488. The highest BCUT2D eigenvalue weighted by molar-refractivity contribution is 4.89. The zero-order chi connectivity index (χ0) is 13.1. The molecule has 1 spiro atoms. The van der Waals surface area contributed by atoms with Gasteiger partial charge < -0.3 is 10.2 Å². The van der Waals surface area contributed by atoms with Crippen LogP contribution >= 0.6 is 0 Å². The molecule has 0 aromatic carbocycles. The first kappa shape index (κ1) is 14.3. The molecule has 2 nitrogen and oxygen atoms in total. The van der Waals surface area contributed by atoms with Crippen LogP contribution in [-0.4, -0.2) is 38.1 Å². The van der Waals surface area contributed by atoms with Gasteiger partial charge >= 0.3 is 0 Å². The molecule has 106 valence electrons. The van der Waals surface area contributed by atoms with Gasteiger partial charge in [-0.15, -0.1) is 0 Å². The van der Waals surface area contributed by atoms with Crippen LogP contribution in [0.15, 0.2) is 0 Å². The summed E-state index contributed by atoms with van der Waals surface area (Å²) in [5.74, 6) is 0. The maximum Gasteiger partial charge on any atom is 0.00448 e. The van der Waals surface area contributed by atoms with Gasteiger partial charge in [0.2, 0.25) is 0 Å². The summed E-state index contributed by atoms with van der Waals surface area (Å²) >= 11 is 0. The summed E-state index contributed by atoms with van der Waals surface area (Å²) in [6.07, 6.45) is 10.4. The van der Waals surface area contributed by atoms with Gasteiger partial charge in [0, 0.05) is 13.1 Å². The highest BCUT2D eigenvalue weighted by Gasteiger charge is 2.36. The second kappa shape index (κ2) is 5.92. The monoisotopic (exact) mass is 252 g/mol. The van der Waals surface area contributed by atoms with E-state index in [1.807, 2.05) is 0 Å². The molecule has 0 radical (unpaired) electrons. The Bertz CT molecular complexity index is 244. The number of nitrogens with one attached hydrogen (secondary N) is 1. The third kappa shape index (κ3) is 3.71. The van der Waals surface area contributed by atoms with E-state index in [1.54, 1.807) is 0 Å². The van der Waals surface area contributed by atoms with E-state index >= 15 is 0 Å². The van der Waals surface area contributed by atoms with E-state index in [1.165, 1.54) is 64.6 Å². The van der Waals surface area contributed by atoms with Crippen molar-refractivity contribution in [2.75, 3.05) is 33.2 Å². The fraction of sp³-hybridized carbons (Fsp3) is 1.00. The molecule has 0 bridgehead atoms.